The fraction of sp³-hybridized carbons (Fsp3) is 0.583. The van der Waals surface area contributed by atoms with Gasteiger partial charge >= 0.3 is 0 Å². The molecule has 2 unspecified atom stereocenters. The van der Waals surface area contributed by atoms with Crippen molar-refractivity contribution >= 4 is 16.6 Å². The predicted octanol–water partition coefficient (Wildman–Crippen LogP) is 3.56. The highest BCUT2D eigenvalue weighted by molar-refractivity contribution is 5.87. The van der Waals surface area contributed by atoms with E-state index in [4.69, 9.17) is 2.74 Å². The summed E-state index contributed by atoms with van der Waals surface area (Å²) in [6.45, 7) is 4.97. The highest BCUT2D eigenvalue weighted by Gasteiger charge is 2.35. The van der Waals surface area contributed by atoms with Gasteiger partial charge in [0, 0.05) is 57.0 Å². The summed E-state index contributed by atoms with van der Waals surface area (Å²) in [5.41, 5.74) is 2.38. The smallest absolute Gasteiger partial charge is 0.126 e. The average Bonchev–Trinajstić information content (AvgIpc) is 3.19. The van der Waals surface area contributed by atoms with Gasteiger partial charge in [0.05, 0.1) is 13.5 Å². The van der Waals surface area contributed by atoms with Crippen LogP contribution in [-0.4, -0.2) is 61.0 Å². The fourth-order valence-corrected chi connectivity index (χ4v) is 5.26. The van der Waals surface area contributed by atoms with Crippen molar-refractivity contribution < 1.29 is 7.13 Å². The molecule has 0 bridgehead atoms. The Morgan fingerprint density at radius 1 is 1.20 bits per heavy atom. The van der Waals surface area contributed by atoms with E-state index >= 15 is 4.39 Å². The summed E-state index contributed by atoms with van der Waals surface area (Å²) in [6, 6.07) is 6.87. The molecule has 2 saturated heterocycles. The summed E-state index contributed by atoms with van der Waals surface area (Å²) < 4.78 is 33.5. The van der Waals surface area contributed by atoms with Crippen molar-refractivity contribution in [3.05, 3.63) is 42.2 Å². The summed E-state index contributed by atoms with van der Waals surface area (Å²) >= 11 is 0. The molecule has 0 amide bonds. The van der Waals surface area contributed by atoms with E-state index in [1.165, 1.54) is 16.5 Å². The summed E-state index contributed by atoms with van der Waals surface area (Å²) in [5, 5.41) is 7.36. The molecule has 0 spiro atoms. The first kappa shape index (κ1) is 17.8. The van der Waals surface area contributed by atoms with Crippen LogP contribution in [0.5, 0.6) is 0 Å². The Balaban J connectivity index is 1.30. The minimum atomic E-state index is -1.03. The Labute approximate surface area is 181 Å². The zero-order chi connectivity index (χ0) is 22.3. The molecule has 0 saturated carbocycles. The number of aromatic nitrogens is 1. The molecular formula is C24H34FN5. The van der Waals surface area contributed by atoms with Crippen molar-refractivity contribution in [2.75, 3.05) is 50.8 Å². The van der Waals surface area contributed by atoms with Gasteiger partial charge in [-0.1, -0.05) is 6.08 Å². The van der Waals surface area contributed by atoms with Crippen LogP contribution < -0.4 is 15.5 Å². The minimum Gasteiger partial charge on any atom is -0.344 e. The molecule has 1 aromatic carbocycles. The topological polar surface area (TPSA) is 35.5 Å². The number of fused-ring (bicyclic) bond motifs is 1. The van der Waals surface area contributed by atoms with Gasteiger partial charge in [-0.15, -0.1) is 0 Å². The Morgan fingerprint density at radius 3 is 2.77 bits per heavy atom. The maximum Gasteiger partial charge on any atom is 0.126 e. The normalized spacial score (nSPS) is 29.2. The van der Waals surface area contributed by atoms with Crippen molar-refractivity contribution in [1.82, 2.24) is 20.1 Å². The van der Waals surface area contributed by atoms with Gasteiger partial charge in [-0.3, -0.25) is 5.32 Å². The van der Waals surface area contributed by atoms with E-state index in [0.717, 1.165) is 44.7 Å². The van der Waals surface area contributed by atoms with Gasteiger partial charge in [-0.05, 0) is 69.5 Å². The molecule has 3 aliphatic heterocycles. The zero-order valence-electron chi connectivity index (χ0n) is 19.8. The molecular weight excluding hydrogens is 377 g/mol. The number of nitrogens with one attached hydrogen (secondary N) is 2. The Hall–Kier alpha value is -1.89. The molecule has 1 aromatic heterocycles. The molecule has 3 aliphatic rings. The van der Waals surface area contributed by atoms with Crippen molar-refractivity contribution in [2.45, 2.75) is 44.3 Å². The monoisotopic (exact) mass is 413 g/mol. The number of rotatable bonds is 4. The number of hydrogen-bond acceptors (Lipinski definition) is 4. The molecule has 6 heteroatoms. The van der Waals surface area contributed by atoms with Crippen LogP contribution in [-0.2, 0) is 0 Å². The molecule has 4 heterocycles. The van der Waals surface area contributed by atoms with Gasteiger partial charge in [0.2, 0.25) is 0 Å². The van der Waals surface area contributed by atoms with Gasteiger partial charge in [0.25, 0.3) is 0 Å². The number of benzene rings is 1. The van der Waals surface area contributed by atoms with E-state index < -0.39 is 18.8 Å². The van der Waals surface area contributed by atoms with E-state index in [9.17, 15) is 0 Å². The van der Waals surface area contributed by atoms with Gasteiger partial charge in [0.1, 0.15) is 5.67 Å². The maximum atomic E-state index is 15.1. The van der Waals surface area contributed by atoms with Gasteiger partial charge in [-0.25, -0.2) is 4.39 Å². The number of hydrogen-bond donors (Lipinski definition) is 2. The molecule has 2 N–H and O–H groups in total. The van der Waals surface area contributed by atoms with E-state index in [1.54, 1.807) is 6.08 Å². The molecule has 0 radical (unpaired) electrons. The lowest BCUT2D eigenvalue weighted by Gasteiger charge is -2.39. The van der Waals surface area contributed by atoms with Crippen LogP contribution in [0.1, 0.15) is 40.0 Å². The highest BCUT2D eigenvalue weighted by Crippen LogP contribution is 2.34. The predicted molar refractivity (Wildman–Crippen MR) is 122 cm³/mol. The van der Waals surface area contributed by atoms with Crippen LogP contribution in [0.4, 0.5) is 10.1 Å². The lowest BCUT2D eigenvalue weighted by Crippen LogP contribution is -2.48. The third kappa shape index (κ3) is 4.01. The number of aryl methyl sites for hydroxylation is 1. The highest BCUT2D eigenvalue weighted by atomic mass is 19.1. The van der Waals surface area contributed by atoms with Crippen LogP contribution in [0.15, 0.2) is 36.7 Å². The standard InChI is InChI=1S/C24H34FN5/c1-19-15-22(29-11-2-8-27-18-29)16-20-3-14-30(23(19)20)21-4-12-28(13-5-21)17-24(25)6-9-26-10-7-24/h2-3,11,14-16,21,26-27H,4-10,12-13,17-18H2,1H3/i8D,18D. The number of likely N-dealkylation sites (tertiary alicyclic amines) is 1. The Bertz CT molecular complexity index is 978. The van der Waals surface area contributed by atoms with E-state index in [-0.39, 0.29) is 0 Å². The van der Waals surface area contributed by atoms with Gasteiger partial charge < -0.3 is 19.7 Å². The van der Waals surface area contributed by atoms with Gasteiger partial charge in [-0.2, -0.15) is 0 Å². The minimum absolute atomic E-state index is 0.432. The average molecular weight is 414 g/mol. The molecule has 2 atom stereocenters. The summed E-state index contributed by atoms with van der Waals surface area (Å²) in [4.78, 5) is 4.18. The number of alkyl halides is 1. The second-order valence-corrected chi connectivity index (χ2v) is 9.04. The van der Waals surface area contributed by atoms with Crippen LogP contribution in [0.25, 0.3) is 10.9 Å². The van der Waals surface area contributed by atoms with E-state index in [2.05, 4.69) is 51.4 Å². The molecule has 2 fully saturated rings. The molecule has 30 heavy (non-hydrogen) atoms. The van der Waals surface area contributed by atoms with Crippen molar-refractivity contribution in [3.63, 3.8) is 0 Å². The molecule has 0 aliphatic carbocycles. The van der Waals surface area contributed by atoms with Crippen LogP contribution in [0.2, 0.25) is 0 Å². The molecule has 5 nitrogen and oxygen atoms in total. The SMILES string of the molecule is [2H]C1C=CN(c2cc(C)c3c(ccn3C3CCN(CC4(F)CCNCC4)CC3)c2)C([2H])N1. The van der Waals surface area contributed by atoms with Crippen molar-refractivity contribution in [1.29, 1.82) is 0 Å². The Kier molecular flexibility index (Phi) is 4.93. The van der Waals surface area contributed by atoms with Crippen LogP contribution in [0.3, 0.4) is 0 Å². The number of halogens is 1. The first-order chi connectivity index (χ1) is 15.4. The summed E-state index contributed by atoms with van der Waals surface area (Å²) in [6.07, 6.45) is 9.11. The maximum absolute atomic E-state index is 15.1. The fourth-order valence-electron chi connectivity index (χ4n) is 5.26. The second kappa shape index (κ2) is 8.33. The molecule has 2 aromatic rings. The summed E-state index contributed by atoms with van der Waals surface area (Å²) in [5.74, 6) is 0. The van der Waals surface area contributed by atoms with Gasteiger partial charge in [0.15, 0.2) is 0 Å². The first-order valence-electron chi connectivity index (χ1n) is 12.4. The Morgan fingerprint density at radius 2 is 2.00 bits per heavy atom. The second-order valence-electron chi connectivity index (χ2n) is 9.04. The summed E-state index contributed by atoms with van der Waals surface area (Å²) in [7, 11) is 0. The van der Waals surface area contributed by atoms with Crippen LogP contribution >= 0.6 is 0 Å². The molecule has 5 rings (SSSR count). The number of anilines is 1. The lowest BCUT2D eigenvalue weighted by atomic mass is 9.92. The van der Waals surface area contributed by atoms with E-state index in [1.807, 2.05) is 11.1 Å². The lowest BCUT2D eigenvalue weighted by molar-refractivity contribution is 0.0472. The van der Waals surface area contributed by atoms with Crippen molar-refractivity contribution in [3.8, 4) is 0 Å². The number of nitrogens with zero attached hydrogens (tertiary/aromatic N) is 3. The third-order valence-corrected chi connectivity index (χ3v) is 6.90. The van der Waals surface area contributed by atoms with Crippen LogP contribution in [0, 0.1) is 6.92 Å². The number of piperidine rings is 2. The quantitative estimate of drug-likeness (QED) is 0.804. The largest absolute Gasteiger partial charge is 0.344 e. The van der Waals surface area contributed by atoms with E-state index in [0.29, 0.717) is 25.4 Å². The first-order valence-corrected chi connectivity index (χ1v) is 11.2. The molecule has 162 valence electrons. The zero-order valence-corrected chi connectivity index (χ0v) is 17.8. The van der Waals surface area contributed by atoms with Crippen molar-refractivity contribution in [2.24, 2.45) is 0 Å². The third-order valence-electron chi connectivity index (χ3n) is 6.90.